The van der Waals surface area contributed by atoms with E-state index >= 15 is 0 Å². The maximum atomic E-state index is 10.6. The van der Waals surface area contributed by atoms with Crippen LogP contribution in [0.3, 0.4) is 0 Å². The molecular weight excluding hydrogens is 208 g/mol. The highest BCUT2D eigenvalue weighted by Gasteiger charge is 2.02. The summed E-state index contributed by atoms with van der Waals surface area (Å²) in [7, 11) is 2.70. The fourth-order valence-electron chi connectivity index (χ4n) is 0.743. The van der Waals surface area contributed by atoms with Gasteiger partial charge in [0, 0.05) is 12.8 Å². The molecule has 0 aromatic rings. The van der Waals surface area contributed by atoms with Crippen molar-refractivity contribution in [3.63, 3.8) is 0 Å². The van der Waals surface area contributed by atoms with Gasteiger partial charge in [-0.15, -0.1) is 0 Å². The quantitative estimate of drug-likeness (QED) is 0.522. The predicted octanol–water partition coefficient (Wildman–Crippen LogP) is 2.70. The second-order valence-corrected chi connectivity index (χ2v) is 3.36. The van der Waals surface area contributed by atoms with E-state index in [1.165, 1.54) is 27.1 Å². The molecule has 4 nitrogen and oxygen atoms in total. The lowest BCUT2D eigenvalue weighted by atomic mass is 10.2. The Hall–Kier alpha value is -1.06. The van der Waals surface area contributed by atoms with E-state index in [9.17, 15) is 9.59 Å². The van der Waals surface area contributed by atoms with Gasteiger partial charge >= 0.3 is 11.9 Å². The van der Waals surface area contributed by atoms with Gasteiger partial charge < -0.3 is 9.47 Å². The molecule has 0 spiro atoms. The van der Waals surface area contributed by atoms with Crippen LogP contribution in [0.4, 0.5) is 0 Å². The van der Waals surface area contributed by atoms with Gasteiger partial charge in [0.1, 0.15) is 0 Å². The molecule has 0 saturated heterocycles. The van der Waals surface area contributed by atoms with E-state index in [1.807, 2.05) is 0 Å². The van der Waals surface area contributed by atoms with Gasteiger partial charge in [0.2, 0.25) is 0 Å². The summed E-state index contributed by atoms with van der Waals surface area (Å²) in [6.45, 7) is 4.36. The SMILES string of the molecule is CCCC.COC(=O)CCCCC(=O)OC. The molecule has 0 unspecified atom stereocenters. The highest BCUT2D eigenvalue weighted by Crippen LogP contribution is 2.01. The number of methoxy groups -OCH3 is 2. The normalized spacial score (nSPS) is 8.75. The van der Waals surface area contributed by atoms with Crippen molar-refractivity contribution in [1.29, 1.82) is 0 Å². The van der Waals surface area contributed by atoms with Crippen LogP contribution >= 0.6 is 0 Å². The largest absolute Gasteiger partial charge is 0.469 e. The van der Waals surface area contributed by atoms with Crippen LogP contribution in [0.25, 0.3) is 0 Å². The van der Waals surface area contributed by atoms with Crippen molar-refractivity contribution >= 4 is 11.9 Å². The lowest BCUT2D eigenvalue weighted by Crippen LogP contribution is -2.02. The average molecular weight is 232 g/mol. The second-order valence-electron chi connectivity index (χ2n) is 3.36. The summed E-state index contributed by atoms with van der Waals surface area (Å²) in [5.74, 6) is -0.472. The zero-order valence-electron chi connectivity index (χ0n) is 10.9. The Labute approximate surface area is 98.3 Å². The Balaban J connectivity index is 0. The first-order chi connectivity index (χ1) is 7.62. The van der Waals surface area contributed by atoms with Crippen molar-refractivity contribution in [1.82, 2.24) is 0 Å². The monoisotopic (exact) mass is 232 g/mol. The molecule has 4 heteroatoms. The molecule has 0 N–H and O–H groups in total. The number of ether oxygens (including phenoxy) is 2. The van der Waals surface area contributed by atoms with E-state index in [0.717, 1.165) is 0 Å². The fourth-order valence-corrected chi connectivity index (χ4v) is 0.743. The van der Waals surface area contributed by atoms with E-state index in [-0.39, 0.29) is 11.9 Å². The smallest absolute Gasteiger partial charge is 0.305 e. The Bertz CT molecular complexity index is 158. The number of unbranched alkanes of at least 4 members (excludes halogenated alkanes) is 2. The lowest BCUT2D eigenvalue weighted by Gasteiger charge is -1.98. The van der Waals surface area contributed by atoms with Gasteiger partial charge in [-0.25, -0.2) is 0 Å². The Morgan fingerprint density at radius 3 is 1.31 bits per heavy atom. The van der Waals surface area contributed by atoms with Crippen LogP contribution in [0.5, 0.6) is 0 Å². The first-order valence-corrected chi connectivity index (χ1v) is 5.75. The van der Waals surface area contributed by atoms with Crippen molar-refractivity contribution in [2.45, 2.75) is 52.4 Å². The molecule has 96 valence electrons. The van der Waals surface area contributed by atoms with E-state index in [2.05, 4.69) is 23.3 Å². The second kappa shape index (κ2) is 13.9. The van der Waals surface area contributed by atoms with Crippen LogP contribution in [0.1, 0.15) is 52.4 Å². The highest BCUT2D eigenvalue weighted by atomic mass is 16.5. The third kappa shape index (κ3) is 15.4. The number of rotatable bonds is 6. The molecule has 0 amide bonds. The minimum Gasteiger partial charge on any atom is -0.469 e. The number of hydrogen-bond acceptors (Lipinski definition) is 4. The average Bonchev–Trinajstić information content (AvgIpc) is 2.34. The van der Waals surface area contributed by atoms with Crippen LogP contribution in [-0.4, -0.2) is 26.2 Å². The Morgan fingerprint density at radius 1 is 0.812 bits per heavy atom. The molecule has 0 bridgehead atoms. The minimum absolute atomic E-state index is 0.236. The first kappa shape index (κ1) is 17.3. The van der Waals surface area contributed by atoms with Gasteiger partial charge in [0.25, 0.3) is 0 Å². The molecule has 0 aliphatic rings. The van der Waals surface area contributed by atoms with Crippen molar-refractivity contribution in [3.05, 3.63) is 0 Å². The Kier molecular flexibility index (Phi) is 15.1. The molecule has 0 aromatic heterocycles. The van der Waals surface area contributed by atoms with Crippen LogP contribution in [0, 0.1) is 0 Å². The summed E-state index contributed by atoms with van der Waals surface area (Å²) in [5.41, 5.74) is 0. The number of hydrogen-bond donors (Lipinski definition) is 0. The molecule has 16 heavy (non-hydrogen) atoms. The molecule has 0 radical (unpaired) electrons. The third-order valence-corrected chi connectivity index (χ3v) is 1.97. The van der Waals surface area contributed by atoms with Crippen LogP contribution in [0.2, 0.25) is 0 Å². The van der Waals surface area contributed by atoms with Crippen molar-refractivity contribution < 1.29 is 19.1 Å². The molecule has 0 heterocycles. The number of carbonyl (C=O) groups is 2. The Morgan fingerprint density at radius 2 is 1.12 bits per heavy atom. The lowest BCUT2D eigenvalue weighted by molar-refractivity contribution is -0.142. The zero-order chi connectivity index (χ0) is 12.8. The summed E-state index contributed by atoms with van der Waals surface area (Å²) < 4.78 is 8.86. The summed E-state index contributed by atoms with van der Waals surface area (Å²) in [6, 6.07) is 0. The topological polar surface area (TPSA) is 52.6 Å². The van der Waals surface area contributed by atoms with E-state index in [1.54, 1.807) is 0 Å². The van der Waals surface area contributed by atoms with E-state index in [0.29, 0.717) is 25.7 Å². The summed E-state index contributed by atoms with van der Waals surface area (Å²) in [5, 5.41) is 0. The summed E-state index contributed by atoms with van der Waals surface area (Å²) in [4.78, 5) is 21.2. The number of esters is 2. The number of carbonyl (C=O) groups excluding carboxylic acids is 2. The fraction of sp³-hybridized carbons (Fsp3) is 0.833. The molecule has 0 aromatic carbocycles. The van der Waals surface area contributed by atoms with Gasteiger partial charge in [-0.1, -0.05) is 26.7 Å². The van der Waals surface area contributed by atoms with Gasteiger partial charge in [-0.2, -0.15) is 0 Å². The molecular formula is C12H24O4. The van der Waals surface area contributed by atoms with Crippen LogP contribution in [0.15, 0.2) is 0 Å². The summed E-state index contributed by atoms with van der Waals surface area (Å²) in [6.07, 6.45) is 4.71. The van der Waals surface area contributed by atoms with Crippen LogP contribution in [-0.2, 0) is 19.1 Å². The molecule has 0 rings (SSSR count). The highest BCUT2D eigenvalue weighted by molar-refractivity contribution is 5.70. The summed E-state index contributed by atoms with van der Waals surface area (Å²) >= 11 is 0. The van der Waals surface area contributed by atoms with Crippen LogP contribution < -0.4 is 0 Å². The zero-order valence-corrected chi connectivity index (χ0v) is 10.9. The van der Waals surface area contributed by atoms with Crippen molar-refractivity contribution in [3.8, 4) is 0 Å². The first-order valence-electron chi connectivity index (χ1n) is 5.75. The molecule has 0 atom stereocenters. The van der Waals surface area contributed by atoms with E-state index < -0.39 is 0 Å². The predicted molar refractivity (Wildman–Crippen MR) is 63.1 cm³/mol. The van der Waals surface area contributed by atoms with Crippen molar-refractivity contribution in [2.75, 3.05) is 14.2 Å². The molecule has 0 aliphatic carbocycles. The van der Waals surface area contributed by atoms with E-state index in [4.69, 9.17) is 0 Å². The maximum absolute atomic E-state index is 10.6. The van der Waals surface area contributed by atoms with Gasteiger partial charge in [0.05, 0.1) is 14.2 Å². The molecule has 0 fully saturated rings. The molecule has 0 saturated carbocycles. The minimum atomic E-state index is -0.236. The van der Waals surface area contributed by atoms with Gasteiger partial charge in [-0.05, 0) is 12.8 Å². The van der Waals surface area contributed by atoms with Crippen molar-refractivity contribution in [2.24, 2.45) is 0 Å². The van der Waals surface area contributed by atoms with Gasteiger partial charge in [0.15, 0.2) is 0 Å². The maximum Gasteiger partial charge on any atom is 0.305 e. The molecule has 0 aliphatic heterocycles. The van der Waals surface area contributed by atoms with Gasteiger partial charge in [-0.3, -0.25) is 9.59 Å². The third-order valence-electron chi connectivity index (χ3n) is 1.97. The standard InChI is InChI=1S/C8H14O4.C4H10/c1-11-7(9)5-3-4-6-8(10)12-2;1-3-4-2/h3-6H2,1-2H3;3-4H2,1-2H3.